The standard InChI is InChI=1S/C16H29N3O4/c1-6-10(2)12(13(17)20)18-14(21)11-8-7-9-19(11)15(22)23-16(3,4)5/h10-12H,6-9H2,1-5H3,(H2,17,20)(H,18,21)/t10-,11-,12+/m0/s1. The fraction of sp³-hybridized carbons (Fsp3) is 0.812. The van der Waals surface area contributed by atoms with E-state index in [1.165, 1.54) is 4.90 Å². The molecule has 7 nitrogen and oxygen atoms in total. The molecule has 3 atom stereocenters. The number of hydrogen-bond donors (Lipinski definition) is 2. The zero-order chi connectivity index (χ0) is 17.8. The molecule has 3 N–H and O–H groups in total. The molecule has 1 heterocycles. The van der Waals surface area contributed by atoms with E-state index in [0.717, 1.165) is 6.42 Å². The van der Waals surface area contributed by atoms with Gasteiger partial charge in [-0.25, -0.2) is 4.79 Å². The molecule has 1 fully saturated rings. The summed E-state index contributed by atoms with van der Waals surface area (Å²) in [6.45, 7) is 9.59. The molecule has 0 aromatic heterocycles. The Morgan fingerprint density at radius 1 is 1.35 bits per heavy atom. The van der Waals surface area contributed by atoms with E-state index in [0.29, 0.717) is 19.4 Å². The first-order chi connectivity index (χ1) is 10.6. The lowest BCUT2D eigenvalue weighted by Gasteiger charge is -2.29. The predicted molar refractivity (Wildman–Crippen MR) is 86.5 cm³/mol. The third kappa shape index (κ3) is 5.41. The zero-order valence-electron chi connectivity index (χ0n) is 14.7. The number of carbonyl (C=O) groups is 3. The summed E-state index contributed by atoms with van der Waals surface area (Å²) in [4.78, 5) is 37.7. The Morgan fingerprint density at radius 2 is 1.96 bits per heavy atom. The van der Waals surface area contributed by atoms with Crippen LogP contribution in [0, 0.1) is 5.92 Å². The van der Waals surface area contributed by atoms with Crippen LogP contribution in [0.15, 0.2) is 0 Å². The smallest absolute Gasteiger partial charge is 0.410 e. The highest BCUT2D eigenvalue weighted by atomic mass is 16.6. The van der Waals surface area contributed by atoms with Crippen LogP contribution < -0.4 is 11.1 Å². The van der Waals surface area contributed by atoms with Crippen molar-refractivity contribution in [2.45, 2.75) is 71.6 Å². The average molecular weight is 327 g/mol. The number of nitrogens with one attached hydrogen (secondary N) is 1. The van der Waals surface area contributed by atoms with Crippen LogP contribution in [0.2, 0.25) is 0 Å². The van der Waals surface area contributed by atoms with Crippen LogP contribution in [0.25, 0.3) is 0 Å². The summed E-state index contributed by atoms with van der Waals surface area (Å²) in [5, 5.41) is 2.69. The molecule has 0 radical (unpaired) electrons. The normalized spacial score (nSPS) is 20.7. The monoisotopic (exact) mass is 327 g/mol. The summed E-state index contributed by atoms with van der Waals surface area (Å²) in [7, 11) is 0. The van der Waals surface area contributed by atoms with Gasteiger partial charge in [0.15, 0.2) is 0 Å². The highest BCUT2D eigenvalue weighted by molar-refractivity contribution is 5.91. The molecule has 132 valence electrons. The second kappa shape index (κ2) is 7.66. The van der Waals surface area contributed by atoms with Gasteiger partial charge < -0.3 is 15.8 Å². The van der Waals surface area contributed by atoms with E-state index in [1.54, 1.807) is 20.8 Å². The third-order valence-corrected chi connectivity index (χ3v) is 4.00. The SMILES string of the molecule is CC[C@H](C)[C@@H](NC(=O)[C@@H]1CCCN1C(=O)OC(C)(C)C)C(N)=O. The van der Waals surface area contributed by atoms with E-state index in [9.17, 15) is 14.4 Å². The summed E-state index contributed by atoms with van der Waals surface area (Å²) in [5.74, 6) is -0.972. The van der Waals surface area contributed by atoms with Crippen molar-refractivity contribution >= 4 is 17.9 Å². The van der Waals surface area contributed by atoms with Gasteiger partial charge in [-0.2, -0.15) is 0 Å². The molecule has 1 aliphatic rings. The Kier molecular flexibility index (Phi) is 6.41. The third-order valence-electron chi connectivity index (χ3n) is 4.00. The summed E-state index contributed by atoms with van der Waals surface area (Å²) in [5.41, 5.74) is 4.76. The molecule has 0 bridgehead atoms. The van der Waals surface area contributed by atoms with E-state index < -0.39 is 29.7 Å². The highest BCUT2D eigenvalue weighted by Crippen LogP contribution is 2.21. The molecule has 0 aliphatic carbocycles. The largest absolute Gasteiger partial charge is 0.444 e. The topological polar surface area (TPSA) is 102 Å². The maximum atomic E-state index is 12.5. The Hall–Kier alpha value is -1.79. The van der Waals surface area contributed by atoms with Crippen molar-refractivity contribution in [2.24, 2.45) is 11.7 Å². The van der Waals surface area contributed by atoms with Gasteiger partial charge in [0.25, 0.3) is 0 Å². The van der Waals surface area contributed by atoms with Gasteiger partial charge in [0.1, 0.15) is 17.7 Å². The molecule has 0 spiro atoms. The molecular weight excluding hydrogens is 298 g/mol. The molecule has 1 aliphatic heterocycles. The maximum absolute atomic E-state index is 12.5. The molecule has 0 unspecified atom stereocenters. The van der Waals surface area contributed by atoms with Crippen molar-refractivity contribution in [2.75, 3.05) is 6.54 Å². The van der Waals surface area contributed by atoms with Gasteiger partial charge >= 0.3 is 6.09 Å². The first kappa shape index (κ1) is 19.3. The van der Waals surface area contributed by atoms with Crippen LogP contribution in [0.1, 0.15) is 53.9 Å². The van der Waals surface area contributed by atoms with Crippen LogP contribution in [0.4, 0.5) is 4.79 Å². The minimum Gasteiger partial charge on any atom is -0.444 e. The number of likely N-dealkylation sites (tertiary alicyclic amines) is 1. The van der Waals surface area contributed by atoms with Gasteiger partial charge in [-0.05, 0) is 39.5 Å². The van der Waals surface area contributed by atoms with Gasteiger partial charge in [0.2, 0.25) is 11.8 Å². The number of ether oxygens (including phenoxy) is 1. The number of rotatable bonds is 5. The van der Waals surface area contributed by atoms with Gasteiger partial charge in [-0.15, -0.1) is 0 Å². The number of nitrogens with zero attached hydrogens (tertiary/aromatic N) is 1. The zero-order valence-corrected chi connectivity index (χ0v) is 14.7. The first-order valence-corrected chi connectivity index (χ1v) is 8.16. The van der Waals surface area contributed by atoms with Crippen LogP contribution in [0.3, 0.4) is 0 Å². The summed E-state index contributed by atoms with van der Waals surface area (Å²) < 4.78 is 5.34. The lowest BCUT2D eigenvalue weighted by Crippen LogP contribution is -2.54. The summed E-state index contributed by atoms with van der Waals surface area (Å²) in [6.07, 6.45) is 1.49. The van der Waals surface area contributed by atoms with Crippen molar-refractivity contribution in [1.82, 2.24) is 10.2 Å². The Balaban J connectivity index is 2.77. The Morgan fingerprint density at radius 3 is 2.43 bits per heavy atom. The van der Waals surface area contributed by atoms with E-state index >= 15 is 0 Å². The van der Waals surface area contributed by atoms with Crippen molar-refractivity contribution in [3.05, 3.63) is 0 Å². The quantitative estimate of drug-likeness (QED) is 0.797. The summed E-state index contributed by atoms with van der Waals surface area (Å²) >= 11 is 0. The fourth-order valence-electron chi connectivity index (χ4n) is 2.56. The second-order valence-corrected chi connectivity index (χ2v) is 7.11. The average Bonchev–Trinajstić information content (AvgIpc) is 2.91. The molecule has 23 heavy (non-hydrogen) atoms. The van der Waals surface area contributed by atoms with Gasteiger partial charge in [0, 0.05) is 6.54 Å². The molecular formula is C16H29N3O4. The number of nitrogens with two attached hydrogens (primary N) is 1. The van der Waals surface area contributed by atoms with Crippen LogP contribution in [-0.2, 0) is 14.3 Å². The number of amides is 3. The van der Waals surface area contributed by atoms with Gasteiger partial charge in [0.05, 0.1) is 0 Å². The molecule has 0 saturated carbocycles. The van der Waals surface area contributed by atoms with E-state index in [4.69, 9.17) is 10.5 Å². The number of primary amides is 1. The number of carbonyl (C=O) groups excluding carboxylic acids is 3. The molecule has 0 aromatic carbocycles. The minimum atomic E-state index is -0.728. The summed E-state index contributed by atoms with van der Waals surface area (Å²) in [6, 6.07) is -1.34. The predicted octanol–water partition coefficient (Wildman–Crippen LogP) is 1.40. The Bertz CT molecular complexity index is 459. The highest BCUT2D eigenvalue weighted by Gasteiger charge is 2.38. The van der Waals surface area contributed by atoms with Crippen molar-refractivity contribution in [1.29, 1.82) is 0 Å². The van der Waals surface area contributed by atoms with E-state index in [1.807, 2.05) is 13.8 Å². The second-order valence-electron chi connectivity index (χ2n) is 7.11. The maximum Gasteiger partial charge on any atom is 0.410 e. The first-order valence-electron chi connectivity index (χ1n) is 8.16. The molecule has 1 rings (SSSR count). The van der Waals surface area contributed by atoms with Crippen molar-refractivity contribution < 1.29 is 19.1 Å². The fourth-order valence-corrected chi connectivity index (χ4v) is 2.56. The lowest BCUT2D eigenvalue weighted by molar-refractivity contribution is -0.131. The van der Waals surface area contributed by atoms with Gasteiger partial charge in [-0.1, -0.05) is 20.3 Å². The lowest BCUT2D eigenvalue weighted by atomic mass is 9.98. The van der Waals surface area contributed by atoms with Crippen LogP contribution in [0.5, 0.6) is 0 Å². The van der Waals surface area contributed by atoms with E-state index in [2.05, 4.69) is 5.32 Å². The van der Waals surface area contributed by atoms with Gasteiger partial charge in [-0.3, -0.25) is 14.5 Å². The molecule has 1 saturated heterocycles. The van der Waals surface area contributed by atoms with Crippen LogP contribution in [-0.4, -0.2) is 47.0 Å². The Labute approximate surface area is 137 Å². The minimum absolute atomic E-state index is 0.0622. The van der Waals surface area contributed by atoms with E-state index in [-0.39, 0.29) is 11.8 Å². The van der Waals surface area contributed by atoms with Crippen molar-refractivity contribution in [3.63, 3.8) is 0 Å². The molecule has 3 amide bonds. The van der Waals surface area contributed by atoms with Crippen molar-refractivity contribution in [3.8, 4) is 0 Å². The number of hydrogen-bond acceptors (Lipinski definition) is 4. The van der Waals surface area contributed by atoms with Crippen LogP contribution >= 0.6 is 0 Å². The molecule has 7 heteroatoms. The molecule has 0 aromatic rings.